The molecule has 0 spiro atoms. The summed E-state index contributed by atoms with van der Waals surface area (Å²) < 4.78 is 0. The van der Waals surface area contributed by atoms with E-state index in [1.165, 1.54) is 6.20 Å². The lowest BCUT2D eigenvalue weighted by Gasteiger charge is -2.21. The van der Waals surface area contributed by atoms with Gasteiger partial charge in [0.15, 0.2) is 0 Å². The van der Waals surface area contributed by atoms with Crippen molar-refractivity contribution in [2.45, 2.75) is 12.0 Å². The summed E-state index contributed by atoms with van der Waals surface area (Å²) in [6.45, 7) is 0.635. The number of nitrogens with zero attached hydrogens (tertiary/aromatic N) is 4. The van der Waals surface area contributed by atoms with Crippen LogP contribution in [0.1, 0.15) is 22.6 Å². The number of hydrogen-bond acceptors (Lipinski definition) is 5. The van der Waals surface area contributed by atoms with Crippen LogP contribution in [0, 0.1) is 0 Å². The lowest BCUT2D eigenvalue weighted by Crippen LogP contribution is -2.35. The molecule has 7 heteroatoms. The van der Waals surface area contributed by atoms with Crippen molar-refractivity contribution in [3.63, 3.8) is 0 Å². The number of hydrogen-bond donors (Lipinski definition) is 2. The van der Waals surface area contributed by atoms with Gasteiger partial charge < -0.3 is 10.0 Å². The van der Waals surface area contributed by atoms with Crippen LogP contribution >= 0.6 is 0 Å². The number of likely N-dealkylation sites (tertiary alicyclic amines) is 1. The maximum Gasteiger partial charge on any atom is 0.273 e. The first-order valence-electron chi connectivity index (χ1n) is 7.39. The van der Waals surface area contributed by atoms with E-state index in [-0.39, 0.29) is 12.5 Å². The SMILES string of the molecule is O=C(c1nccc2ccccc12)N1CCC(O)(c2cn[nH]n2)C1. The molecule has 1 unspecified atom stereocenters. The van der Waals surface area contributed by atoms with Crippen molar-refractivity contribution < 1.29 is 9.90 Å². The number of rotatable bonds is 2. The fraction of sp³-hybridized carbons (Fsp3) is 0.250. The van der Waals surface area contributed by atoms with Crippen LogP contribution in [-0.4, -0.2) is 49.4 Å². The van der Waals surface area contributed by atoms with Gasteiger partial charge in [0.2, 0.25) is 0 Å². The van der Waals surface area contributed by atoms with E-state index in [1.54, 1.807) is 11.1 Å². The van der Waals surface area contributed by atoms with Crippen molar-refractivity contribution in [2.75, 3.05) is 13.1 Å². The summed E-state index contributed by atoms with van der Waals surface area (Å²) in [5, 5.41) is 22.7. The first-order chi connectivity index (χ1) is 11.2. The summed E-state index contributed by atoms with van der Waals surface area (Å²) in [7, 11) is 0. The molecular formula is C16H15N5O2. The maximum atomic E-state index is 12.8. The molecule has 1 fully saturated rings. The van der Waals surface area contributed by atoms with Crippen LogP contribution in [0.15, 0.2) is 42.7 Å². The average Bonchev–Trinajstić information content (AvgIpc) is 3.24. The topological polar surface area (TPSA) is 95.0 Å². The minimum Gasteiger partial charge on any atom is -0.381 e. The molecule has 3 aromatic rings. The number of carbonyl (C=O) groups excluding carboxylic acids is 1. The molecule has 116 valence electrons. The fourth-order valence-electron chi connectivity index (χ4n) is 3.04. The molecular weight excluding hydrogens is 294 g/mol. The molecule has 1 amide bonds. The van der Waals surface area contributed by atoms with E-state index in [0.717, 1.165) is 10.8 Å². The summed E-state index contributed by atoms with van der Waals surface area (Å²) in [5.74, 6) is -0.179. The molecule has 0 bridgehead atoms. The molecule has 1 aliphatic heterocycles. The number of benzene rings is 1. The van der Waals surface area contributed by atoms with Gasteiger partial charge in [-0.25, -0.2) is 0 Å². The van der Waals surface area contributed by atoms with Gasteiger partial charge in [0.25, 0.3) is 5.91 Å². The molecule has 2 N–H and O–H groups in total. The highest BCUT2D eigenvalue weighted by Gasteiger charge is 2.42. The van der Waals surface area contributed by atoms with Gasteiger partial charge in [-0.1, -0.05) is 24.3 Å². The van der Waals surface area contributed by atoms with E-state index in [2.05, 4.69) is 20.4 Å². The van der Waals surface area contributed by atoms with Crippen molar-refractivity contribution >= 4 is 16.7 Å². The molecule has 1 saturated heterocycles. The highest BCUT2D eigenvalue weighted by atomic mass is 16.3. The number of nitrogens with one attached hydrogen (secondary N) is 1. The highest BCUT2D eigenvalue weighted by Crippen LogP contribution is 2.31. The predicted molar refractivity (Wildman–Crippen MR) is 82.5 cm³/mol. The van der Waals surface area contributed by atoms with Gasteiger partial charge in [-0.05, 0) is 11.5 Å². The summed E-state index contributed by atoms with van der Waals surface area (Å²) in [5.41, 5.74) is -0.293. The van der Waals surface area contributed by atoms with Crippen LogP contribution < -0.4 is 0 Å². The van der Waals surface area contributed by atoms with Crippen molar-refractivity contribution in [3.8, 4) is 0 Å². The Morgan fingerprint density at radius 3 is 3.00 bits per heavy atom. The second-order valence-electron chi connectivity index (χ2n) is 5.74. The number of aromatic nitrogens is 4. The monoisotopic (exact) mass is 309 g/mol. The molecule has 3 heterocycles. The summed E-state index contributed by atoms with van der Waals surface area (Å²) in [6, 6.07) is 9.52. The molecule has 23 heavy (non-hydrogen) atoms. The van der Waals surface area contributed by atoms with Gasteiger partial charge in [0.05, 0.1) is 12.7 Å². The van der Waals surface area contributed by atoms with E-state index in [9.17, 15) is 9.90 Å². The van der Waals surface area contributed by atoms with Crippen molar-refractivity contribution in [1.82, 2.24) is 25.3 Å². The maximum absolute atomic E-state index is 12.8. The van der Waals surface area contributed by atoms with Crippen LogP contribution in [0.3, 0.4) is 0 Å². The third kappa shape index (κ3) is 2.25. The van der Waals surface area contributed by atoms with Gasteiger partial charge in [0, 0.05) is 24.5 Å². The first kappa shape index (κ1) is 13.8. The Bertz CT molecular complexity index is 859. The van der Waals surface area contributed by atoms with Crippen molar-refractivity contribution in [3.05, 3.63) is 54.1 Å². The molecule has 1 aliphatic rings. The Morgan fingerprint density at radius 1 is 1.30 bits per heavy atom. The van der Waals surface area contributed by atoms with Gasteiger partial charge >= 0.3 is 0 Å². The second-order valence-corrected chi connectivity index (χ2v) is 5.74. The van der Waals surface area contributed by atoms with Gasteiger partial charge in [-0.15, -0.1) is 0 Å². The lowest BCUT2D eigenvalue weighted by molar-refractivity contribution is 0.0381. The van der Waals surface area contributed by atoms with E-state index < -0.39 is 5.60 Å². The Kier molecular flexibility index (Phi) is 3.09. The lowest BCUT2D eigenvalue weighted by atomic mass is 10.00. The molecule has 7 nitrogen and oxygen atoms in total. The number of aromatic amines is 1. The third-order valence-corrected chi connectivity index (χ3v) is 4.30. The van der Waals surface area contributed by atoms with Crippen LogP contribution in [0.5, 0.6) is 0 Å². The molecule has 2 aromatic heterocycles. The quantitative estimate of drug-likeness (QED) is 0.739. The Morgan fingerprint density at radius 2 is 2.17 bits per heavy atom. The first-order valence-corrected chi connectivity index (χ1v) is 7.39. The summed E-state index contributed by atoms with van der Waals surface area (Å²) in [6.07, 6.45) is 3.55. The number of aliphatic hydroxyl groups is 1. The van der Waals surface area contributed by atoms with Crippen molar-refractivity contribution in [2.24, 2.45) is 0 Å². The zero-order chi connectivity index (χ0) is 15.9. The summed E-state index contributed by atoms with van der Waals surface area (Å²) >= 11 is 0. The molecule has 1 aromatic carbocycles. The number of carbonyl (C=O) groups is 1. The van der Waals surface area contributed by atoms with E-state index in [4.69, 9.17) is 0 Å². The Hall–Kier alpha value is -2.80. The zero-order valence-electron chi connectivity index (χ0n) is 12.3. The Balaban J connectivity index is 1.65. The summed E-state index contributed by atoms with van der Waals surface area (Å²) in [4.78, 5) is 18.7. The van der Waals surface area contributed by atoms with Crippen LogP contribution in [0.25, 0.3) is 10.8 Å². The van der Waals surface area contributed by atoms with Gasteiger partial charge in [-0.2, -0.15) is 15.4 Å². The molecule has 0 radical (unpaired) electrons. The minimum atomic E-state index is -1.16. The molecule has 0 saturated carbocycles. The molecule has 0 aliphatic carbocycles. The predicted octanol–water partition coefficient (Wildman–Crippen LogP) is 1.09. The molecule has 4 rings (SSSR count). The smallest absolute Gasteiger partial charge is 0.273 e. The molecule has 1 atom stereocenters. The van der Waals surface area contributed by atoms with Gasteiger partial charge in [-0.3, -0.25) is 9.78 Å². The number of H-pyrrole nitrogens is 1. The van der Waals surface area contributed by atoms with Crippen LogP contribution in [-0.2, 0) is 5.60 Å². The second kappa shape index (κ2) is 5.13. The number of pyridine rings is 1. The fourth-order valence-corrected chi connectivity index (χ4v) is 3.04. The minimum absolute atomic E-state index is 0.179. The number of amides is 1. The normalized spacial score (nSPS) is 21.0. The van der Waals surface area contributed by atoms with E-state index in [1.807, 2.05) is 30.3 Å². The Labute approximate surface area is 132 Å². The zero-order valence-corrected chi connectivity index (χ0v) is 12.3. The number of fused-ring (bicyclic) bond motifs is 1. The van der Waals surface area contributed by atoms with Crippen molar-refractivity contribution in [1.29, 1.82) is 0 Å². The average molecular weight is 309 g/mol. The standard InChI is InChI=1S/C16H15N5O2/c22-15(14-12-4-2-1-3-11(12)5-7-17-14)21-8-6-16(23,10-21)13-9-18-20-19-13/h1-5,7,9,23H,6,8,10H2,(H,18,19,20). The third-order valence-electron chi connectivity index (χ3n) is 4.30. The van der Waals surface area contributed by atoms with Crippen LogP contribution in [0.4, 0.5) is 0 Å². The van der Waals surface area contributed by atoms with E-state index in [0.29, 0.717) is 24.4 Å². The van der Waals surface area contributed by atoms with E-state index >= 15 is 0 Å². The number of β-amino-alcohol motifs (C(OH)–C–C–N with tert-alkyl or cyclic N) is 1. The largest absolute Gasteiger partial charge is 0.381 e. The van der Waals surface area contributed by atoms with Crippen LogP contribution in [0.2, 0.25) is 0 Å². The highest BCUT2D eigenvalue weighted by molar-refractivity contribution is 6.05. The van der Waals surface area contributed by atoms with Gasteiger partial charge in [0.1, 0.15) is 17.0 Å².